The first-order valence-corrected chi connectivity index (χ1v) is 9.18. The highest BCUT2D eigenvalue weighted by molar-refractivity contribution is 8.00. The molecule has 1 atom stereocenters. The maximum atomic E-state index is 13.7. The SMILES string of the molecule is C[C@H](Sc1nnc(C2CC2)n1C1CC1)C(=O)Nc1ccccc1F. The number of thioether (sulfide) groups is 1. The Hall–Kier alpha value is -1.89. The molecule has 1 amide bonds. The van der Waals surface area contributed by atoms with Crippen LogP contribution in [0.15, 0.2) is 29.4 Å². The number of halogens is 1. The van der Waals surface area contributed by atoms with Crippen LogP contribution in [0.4, 0.5) is 10.1 Å². The van der Waals surface area contributed by atoms with Crippen molar-refractivity contribution in [3.05, 3.63) is 35.9 Å². The Bertz CT molecular complexity index is 770. The number of nitrogens with one attached hydrogen (secondary N) is 1. The van der Waals surface area contributed by atoms with E-state index in [1.54, 1.807) is 18.2 Å². The molecular weight excluding hydrogens is 327 g/mol. The van der Waals surface area contributed by atoms with Crippen molar-refractivity contribution in [2.75, 3.05) is 5.32 Å². The number of para-hydroxylation sites is 1. The molecule has 0 saturated heterocycles. The minimum absolute atomic E-state index is 0.206. The molecule has 1 N–H and O–H groups in total. The molecular formula is C17H19FN4OS. The second-order valence-electron chi connectivity index (χ2n) is 6.45. The fourth-order valence-corrected chi connectivity index (χ4v) is 3.60. The van der Waals surface area contributed by atoms with Crippen molar-refractivity contribution >= 4 is 23.4 Å². The zero-order chi connectivity index (χ0) is 16.7. The van der Waals surface area contributed by atoms with E-state index in [-0.39, 0.29) is 16.8 Å². The molecule has 1 aromatic heterocycles. The number of anilines is 1. The summed E-state index contributed by atoms with van der Waals surface area (Å²) < 4.78 is 15.9. The first-order chi connectivity index (χ1) is 11.6. The second kappa shape index (κ2) is 6.20. The Morgan fingerprint density at radius 3 is 2.71 bits per heavy atom. The van der Waals surface area contributed by atoms with Crippen LogP contribution in [0, 0.1) is 5.82 Å². The molecule has 126 valence electrons. The maximum absolute atomic E-state index is 13.7. The van der Waals surface area contributed by atoms with Gasteiger partial charge in [-0.2, -0.15) is 0 Å². The summed E-state index contributed by atoms with van der Waals surface area (Å²) in [5, 5.41) is 11.7. The summed E-state index contributed by atoms with van der Waals surface area (Å²) in [6.07, 6.45) is 4.67. The minimum atomic E-state index is -0.430. The Kier molecular flexibility index (Phi) is 4.04. The van der Waals surface area contributed by atoms with Crippen LogP contribution in [0.25, 0.3) is 0 Å². The quantitative estimate of drug-likeness (QED) is 0.809. The molecule has 0 bridgehead atoms. The van der Waals surface area contributed by atoms with Gasteiger partial charge in [-0.25, -0.2) is 4.39 Å². The molecule has 2 aliphatic rings. The van der Waals surface area contributed by atoms with Crippen LogP contribution in [-0.4, -0.2) is 25.9 Å². The zero-order valence-electron chi connectivity index (χ0n) is 13.4. The number of nitrogens with zero attached hydrogens (tertiary/aromatic N) is 3. The fraction of sp³-hybridized carbons (Fsp3) is 0.471. The number of hydrogen-bond donors (Lipinski definition) is 1. The smallest absolute Gasteiger partial charge is 0.237 e. The summed E-state index contributed by atoms with van der Waals surface area (Å²) in [4.78, 5) is 12.4. The lowest BCUT2D eigenvalue weighted by Gasteiger charge is -2.13. The largest absolute Gasteiger partial charge is 0.323 e. The van der Waals surface area contributed by atoms with Crippen molar-refractivity contribution in [1.29, 1.82) is 0 Å². The number of aromatic nitrogens is 3. The maximum Gasteiger partial charge on any atom is 0.237 e. The van der Waals surface area contributed by atoms with Gasteiger partial charge in [0.15, 0.2) is 5.16 Å². The van der Waals surface area contributed by atoms with Crippen molar-refractivity contribution in [1.82, 2.24) is 14.8 Å². The summed E-state index contributed by atoms with van der Waals surface area (Å²) in [5.41, 5.74) is 0.206. The molecule has 1 aromatic carbocycles. The Morgan fingerprint density at radius 1 is 1.29 bits per heavy atom. The summed E-state index contributed by atoms with van der Waals surface area (Å²) in [5.74, 6) is 0.945. The summed E-state index contributed by atoms with van der Waals surface area (Å²) >= 11 is 1.39. The molecule has 5 nitrogen and oxygen atoms in total. The van der Waals surface area contributed by atoms with Crippen molar-refractivity contribution in [2.45, 2.75) is 55.0 Å². The third-order valence-electron chi connectivity index (χ3n) is 4.33. The molecule has 0 unspecified atom stereocenters. The van der Waals surface area contributed by atoms with Crippen LogP contribution in [0.2, 0.25) is 0 Å². The van der Waals surface area contributed by atoms with Gasteiger partial charge in [0, 0.05) is 12.0 Å². The molecule has 4 rings (SSSR count). The zero-order valence-corrected chi connectivity index (χ0v) is 14.2. The van der Waals surface area contributed by atoms with Gasteiger partial charge < -0.3 is 9.88 Å². The predicted molar refractivity (Wildman–Crippen MR) is 90.6 cm³/mol. The van der Waals surface area contributed by atoms with E-state index in [2.05, 4.69) is 20.1 Å². The van der Waals surface area contributed by atoms with Gasteiger partial charge in [0.25, 0.3) is 0 Å². The van der Waals surface area contributed by atoms with E-state index in [1.807, 2.05) is 6.92 Å². The van der Waals surface area contributed by atoms with Crippen molar-refractivity contribution in [3.8, 4) is 0 Å². The highest BCUT2D eigenvalue weighted by Gasteiger charge is 2.37. The van der Waals surface area contributed by atoms with E-state index in [9.17, 15) is 9.18 Å². The second-order valence-corrected chi connectivity index (χ2v) is 7.75. The van der Waals surface area contributed by atoms with Gasteiger partial charge in [-0.15, -0.1) is 10.2 Å². The first-order valence-electron chi connectivity index (χ1n) is 8.30. The normalized spacial score (nSPS) is 18.4. The highest BCUT2D eigenvalue weighted by atomic mass is 32.2. The van der Waals surface area contributed by atoms with Gasteiger partial charge in [0.1, 0.15) is 11.6 Å². The molecule has 2 saturated carbocycles. The van der Waals surface area contributed by atoms with E-state index >= 15 is 0 Å². The van der Waals surface area contributed by atoms with E-state index in [0.717, 1.165) is 23.8 Å². The van der Waals surface area contributed by atoms with E-state index in [4.69, 9.17) is 0 Å². The number of carbonyl (C=O) groups excluding carboxylic acids is 1. The van der Waals surface area contributed by atoms with Crippen LogP contribution >= 0.6 is 11.8 Å². The molecule has 0 aliphatic heterocycles. The van der Waals surface area contributed by atoms with Gasteiger partial charge in [-0.3, -0.25) is 4.79 Å². The van der Waals surface area contributed by atoms with Gasteiger partial charge in [0.2, 0.25) is 5.91 Å². The van der Waals surface area contributed by atoms with Crippen LogP contribution in [0.5, 0.6) is 0 Å². The molecule has 2 aromatic rings. The van der Waals surface area contributed by atoms with E-state index in [1.165, 1.54) is 30.7 Å². The standard InChI is InChI=1S/C17H19FN4OS/c1-10(16(23)19-14-5-3-2-4-13(14)18)24-17-21-20-15(11-6-7-11)22(17)12-8-9-12/h2-5,10-12H,6-9H2,1H3,(H,19,23)/t10-/m0/s1. The Labute approximate surface area is 144 Å². The Balaban J connectivity index is 1.47. The number of benzene rings is 1. The van der Waals surface area contributed by atoms with Crippen LogP contribution in [0.1, 0.15) is 50.4 Å². The van der Waals surface area contributed by atoms with Crippen LogP contribution in [-0.2, 0) is 4.79 Å². The average Bonchev–Trinajstić information content (AvgIpc) is 3.49. The van der Waals surface area contributed by atoms with Gasteiger partial charge in [-0.1, -0.05) is 23.9 Å². The number of amides is 1. The first kappa shape index (κ1) is 15.6. The van der Waals surface area contributed by atoms with Crippen molar-refractivity contribution in [3.63, 3.8) is 0 Å². The molecule has 0 radical (unpaired) electrons. The van der Waals surface area contributed by atoms with Crippen molar-refractivity contribution < 1.29 is 9.18 Å². The molecule has 0 spiro atoms. The van der Waals surface area contributed by atoms with Crippen LogP contribution in [0.3, 0.4) is 0 Å². The third kappa shape index (κ3) is 3.17. The van der Waals surface area contributed by atoms with E-state index in [0.29, 0.717) is 12.0 Å². The van der Waals surface area contributed by atoms with Crippen molar-refractivity contribution in [2.24, 2.45) is 0 Å². The summed E-state index contributed by atoms with van der Waals surface area (Å²) in [6, 6.07) is 6.67. The Morgan fingerprint density at radius 2 is 2.04 bits per heavy atom. The molecule has 1 heterocycles. The molecule has 7 heteroatoms. The summed E-state index contributed by atoms with van der Waals surface area (Å²) in [7, 11) is 0. The number of rotatable bonds is 6. The molecule has 2 aliphatic carbocycles. The number of carbonyl (C=O) groups is 1. The topological polar surface area (TPSA) is 59.8 Å². The highest BCUT2D eigenvalue weighted by Crippen LogP contribution is 2.46. The minimum Gasteiger partial charge on any atom is -0.323 e. The fourth-order valence-electron chi connectivity index (χ4n) is 2.67. The number of hydrogen-bond acceptors (Lipinski definition) is 4. The molecule has 24 heavy (non-hydrogen) atoms. The van der Waals surface area contributed by atoms with Gasteiger partial charge in [0.05, 0.1) is 10.9 Å². The van der Waals surface area contributed by atoms with Crippen LogP contribution < -0.4 is 5.32 Å². The third-order valence-corrected chi connectivity index (χ3v) is 5.39. The van der Waals surface area contributed by atoms with E-state index < -0.39 is 5.82 Å². The lowest BCUT2D eigenvalue weighted by molar-refractivity contribution is -0.115. The molecule has 2 fully saturated rings. The predicted octanol–water partition coefficient (Wildman–Crippen LogP) is 3.75. The summed E-state index contributed by atoms with van der Waals surface area (Å²) in [6.45, 7) is 1.81. The monoisotopic (exact) mass is 346 g/mol. The van der Waals surface area contributed by atoms with Gasteiger partial charge >= 0.3 is 0 Å². The average molecular weight is 346 g/mol. The van der Waals surface area contributed by atoms with Gasteiger partial charge in [-0.05, 0) is 44.7 Å². The lowest BCUT2D eigenvalue weighted by atomic mass is 10.3. The lowest BCUT2D eigenvalue weighted by Crippen LogP contribution is -2.23.